The Morgan fingerprint density at radius 3 is 2.43 bits per heavy atom. The highest BCUT2D eigenvalue weighted by Crippen LogP contribution is 2.36. The van der Waals surface area contributed by atoms with Crippen LogP contribution in [0.3, 0.4) is 0 Å². The van der Waals surface area contributed by atoms with E-state index in [1.165, 1.54) is 4.68 Å². The molecular formula is C15H15F3N4S. The number of anilines is 1. The fourth-order valence-corrected chi connectivity index (χ4v) is 2.99. The number of rotatable bonds is 2. The number of halogens is 3. The molecule has 0 fully saturated rings. The maximum absolute atomic E-state index is 13.2. The van der Waals surface area contributed by atoms with Crippen LogP contribution in [0.1, 0.15) is 29.8 Å². The molecule has 2 aromatic rings. The molecule has 0 saturated heterocycles. The highest BCUT2D eigenvalue weighted by molar-refractivity contribution is 7.80. The second kappa shape index (κ2) is 5.84. The topological polar surface area (TPSA) is 55.9 Å². The van der Waals surface area contributed by atoms with Gasteiger partial charge in [-0.2, -0.15) is 18.3 Å². The Bertz CT molecular complexity index is 734. The number of nitrogens with one attached hydrogen (secondary N) is 1. The number of thiocarbonyl (C=S) groups is 1. The van der Waals surface area contributed by atoms with Crippen LogP contribution in [0.15, 0.2) is 24.3 Å². The number of nitrogens with two attached hydrogens (primary N) is 1. The van der Waals surface area contributed by atoms with E-state index in [4.69, 9.17) is 18.0 Å². The summed E-state index contributed by atoms with van der Waals surface area (Å²) in [5.41, 5.74) is 6.88. The van der Waals surface area contributed by atoms with Gasteiger partial charge in [-0.3, -0.25) is 0 Å². The van der Waals surface area contributed by atoms with E-state index in [9.17, 15) is 13.2 Å². The zero-order valence-electron chi connectivity index (χ0n) is 12.2. The Morgan fingerprint density at radius 1 is 1.17 bits per heavy atom. The van der Waals surface area contributed by atoms with Crippen molar-refractivity contribution >= 4 is 23.0 Å². The summed E-state index contributed by atoms with van der Waals surface area (Å²) >= 11 is 4.75. The van der Waals surface area contributed by atoms with Crippen LogP contribution in [0, 0.1) is 0 Å². The maximum Gasteiger partial charge on any atom is 0.435 e. The van der Waals surface area contributed by atoms with Crippen molar-refractivity contribution in [1.29, 1.82) is 0 Å². The number of nitrogens with zero attached hydrogens (tertiary/aromatic N) is 2. The van der Waals surface area contributed by atoms with E-state index in [1.807, 2.05) is 0 Å². The largest absolute Gasteiger partial charge is 0.435 e. The minimum atomic E-state index is -4.43. The molecule has 23 heavy (non-hydrogen) atoms. The van der Waals surface area contributed by atoms with Gasteiger partial charge in [0.2, 0.25) is 0 Å². The normalized spacial score (nSPS) is 14.4. The minimum Gasteiger partial charge on any atom is -0.376 e. The molecule has 1 aliphatic carbocycles. The monoisotopic (exact) mass is 340 g/mol. The summed E-state index contributed by atoms with van der Waals surface area (Å²) in [6, 6.07) is 6.81. The van der Waals surface area contributed by atoms with Crippen molar-refractivity contribution in [2.24, 2.45) is 5.73 Å². The Kier molecular flexibility index (Phi) is 4.01. The van der Waals surface area contributed by atoms with Crippen molar-refractivity contribution in [3.8, 4) is 5.69 Å². The van der Waals surface area contributed by atoms with Crippen LogP contribution in [0.2, 0.25) is 0 Å². The summed E-state index contributed by atoms with van der Waals surface area (Å²) in [6.45, 7) is 0. The van der Waals surface area contributed by atoms with Gasteiger partial charge in [-0.05, 0) is 62.2 Å². The molecule has 1 aliphatic rings. The summed E-state index contributed by atoms with van der Waals surface area (Å²) < 4.78 is 41.0. The van der Waals surface area contributed by atoms with E-state index in [2.05, 4.69) is 10.4 Å². The molecule has 0 bridgehead atoms. The third-order valence-corrected chi connectivity index (χ3v) is 3.93. The average molecular weight is 340 g/mol. The molecule has 1 aromatic carbocycles. The smallest absolute Gasteiger partial charge is 0.376 e. The number of benzene rings is 1. The van der Waals surface area contributed by atoms with Gasteiger partial charge in [0.25, 0.3) is 0 Å². The van der Waals surface area contributed by atoms with E-state index >= 15 is 0 Å². The van der Waals surface area contributed by atoms with Gasteiger partial charge < -0.3 is 11.1 Å². The second-order valence-corrected chi connectivity index (χ2v) is 5.87. The third kappa shape index (κ3) is 3.17. The van der Waals surface area contributed by atoms with Crippen LogP contribution < -0.4 is 11.1 Å². The van der Waals surface area contributed by atoms with Gasteiger partial charge >= 0.3 is 6.18 Å². The third-order valence-electron chi connectivity index (χ3n) is 3.83. The average Bonchev–Trinajstić information content (AvgIpc) is 2.87. The molecule has 3 N–H and O–H groups in total. The number of hydrogen-bond donors (Lipinski definition) is 2. The molecule has 0 aliphatic heterocycles. The van der Waals surface area contributed by atoms with E-state index in [1.54, 1.807) is 24.3 Å². The zero-order valence-corrected chi connectivity index (χ0v) is 13.0. The van der Waals surface area contributed by atoms with Crippen LogP contribution in [0.25, 0.3) is 5.69 Å². The molecule has 122 valence electrons. The summed E-state index contributed by atoms with van der Waals surface area (Å²) in [5.74, 6) is 0. The molecule has 8 heteroatoms. The van der Waals surface area contributed by atoms with E-state index < -0.39 is 11.9 Å². The lowest BCUT2D eigenvalue weighted by Crippen LogP contribution is -2.18. The van der Waals surface area contributed by atoms with Crippen molar-refractivity contribution in [2.75, 3.05) is 5.32 Å². The lowest BCUT2D eigenvalue weighted by atomic mass is 9.95. The Balaban J connectivity index is 2.02. The molecule has 3 rings (SSSR count). The first-order chi connectivity index (χ1) is 10.9. The number of alkyl halides is 3. The molecule has 0 radical (unpaired) electrons. The molecule has 1 heterocycles. The molecule has 0 atom stereocenters. The molecular weight excluding hydrogens is 325 g/mol. The SMILES string of the molecule is NC(=S)Nc1ccc(-n2nc(C(F)(F)F)c3c2CCCC3)cc1. The molecule has 0 spiro atoms. The van der Waals surface area contributed by atoms with E-state index in [0.717, 1.165) is 12.8 Å². The van der Waals surface area contributed by atoms with E-state index in [0.29, 0.717) is 35.5 Å². The first-order valence-corrected chi connectivity index (χ1v) is 7.62. The van der Waals surface area contributed by atoms with Gasteiger partial charge in [-0.1, -0.05) is 0 Å². The van der Waals surface area contributed by atoms with Gasteiger partial charge in [-0.15, -0.1) is 0 Å². The van der Waals surface area contributed by atoms with Crippen LogP contribution in [-0.4, -0.2) is 14.9 Å². The fraction of sp³-hybridized carbons (Fsp3) is 0.333. The summed E-state index contributed by atoms with van der Waals surface area (Å²) in [6.07, 6.45) is -1.77. The fourth-order valence-electron chi connectivity index (χ4n) is 2.87. The number of aromatic nitrogens is 2. The van der Waals surface area contributed by atoms with Gasteiger partial charge in [0, 0.05) is 16.9 Å². The maximum atomic E-state index is 13.2. The standard InChI is InChI=1S/C15H15F3N4S/c16-15(17,18)13-11-3-1-2-4-12(11)22(21-13)10-7-5-9(6-8-10)20-14(19)23/h5-8H,1-4H2,(H3,19,20,23). The van der Waals surface area contributed by atoms with Crippen LogP contribution in [0.4, 0.5) is 18.9 Å². The molecule has 0 unspecified atom stereocenters. The Morgan fingerprint density at radius 2 is 1.83 bits per heavy atom. The predicted octanol–water partition coefficient (Wildman–Crippen LogP) is 3.43. The van der Waals surface area contributed by atoms with Crippen LogP contribution in [-0.2, 0) is 19.0 Å². The molecule has 1 aromatic heterocycles. The van der Waals surface area contributed by atoms with E-state index in [-0.39, 0.29) is 5.11 Å². The second-order valence-electron chi connectivity index (χ2n) is 5.43. The molecule has 4 nitrogen and oxygen atoms in total. The molecule has 0 amide bonds. The molecule has 0 saturated carbocycles. The summed E-state index contributed by atoms with van der Waals surface area (Å²) in [5, 5.41) is 6.75. The predicted molar refractivity (Wildman–Crippen MR) is 85.6 cm³/mol. The van der Waals surface area contributed by atoms with Crippen molar-refractivity contribution in [3.63, 3.8) is 0 Å². The Labute approximate surface area is 136 Å². The first-order valence-electron chi connectivity index (χ1n) is 7.21. The number of hydrogen-bond acceptors (Lipinski definition) is 2. The van der Waals surface area contributed by atoms with Gasteiger partial charge in [0.05, 0.1) is 5.69 Å². The lowest BCUT2D eigenvalue weighted by Gasteiger charge is -2.15. The van der Waals surface area contributed by atoms with Gasteiger partial charge in [-0.25, -0.2) is 4.68 Å². The van der Waals surface area contributed by atoms with Gasteiger partial charge in [0.1, 0.15) is 0 Å². The van der Waals surface area contributed by atoms with Crippen LogP contribution in [0.5, 0.6) is 0 Å². The minimum absolute atomic E-state index is 0.133. The highest BCUT2D eigenvalue weighted by atomic mass is 32.1. The lowest BCUT2D eigenvalue weighted by molar-refractivity contribution is -0.142. The van der Waals surface area contributed by atoms with Crippen molar-refractivity contribution in [3.05, 3.63) is 41.2 Å². The number of fused-ring (bicyclic) bond motifs is 1. The van der Waals surface area contributed by atoms with Gasteiger partial charge in [0.15, 0.2) is 10.8 Å². The Hall–Kier alpha value is -2.09. The summed E-state index contributed by atoms with van der Waals surface area (Å²) in [7, 11) is 0. The first kappa shape index (κ1) is 15.8. The summed E-state index contributed by atoms with van der Waals surface area (Å²) in [4.78, 5) is 0. The van der Waals surface area contributed by atoms with Crippen molar-refractivity contribution < 1.29 is 13.2 Å². The highest BCUT2D eigenvalue weighted by Gasteiger charge is 2.39. The van der Waals surface area contributed by atoms with Crippen molar-refractivity contribution in [2.45, 2.75) is 31.9 Å². The van der Waals surface area contributed by atoms with Crippen LogP contribution >= 0.6 is 12.2 Å². The zero-order chi connectivity index (χ0) is 16.6. The van der Waals surface area contributed by atoms with Crippen molar-refractivity contribution in [1.82, 2.24) is 9.78 Å². The quantitative estimate of drug-likeness (QED) is 0.823.